The van der Waals surface area contributed by atoms with E-state index in [4.69, 9.17) is 4.74 Å². The molecule has 3 aliphatic heterocycles. The van der Waals surface area contributed by atoms with Crippen molar-refractivity contribution in [3.05, 3.63) is 53.5 Å². The van der Waals surface area contributed by atoms with Gasteiger partial charge < -0.3 is 24.2 Å². The molecule has 2 aromatic heterocycles. The van der Waals surface area contributed by atoms with Crippen molar-refractivity contribution in [2.45, 2.75) is 25.7 Å². The summed E-state index contributed by atoms with van der Waals surface area (Å²) < 4.78 is 7.75. The summed E-state index contributed by atoms with van der Waals surface area (Å²) in [5, 5.41) is 11.1. The fourth-order valence-electron chi connectivity index (χ4n) is 5.61. The molecule has 2 fully saturated rings. The van der Waals surface area contributed by atoms with Crippen molar-refractivity contribution in [1.82, 2.24) is 14.5 Å². The number of hydrogen-bond donors (Lipinski definition) is 1. The summed E-state index contributed by atoms with van der Waals surface area (Å²) >= 11 is 0. The molecule has 180 valence electrons. The summed E-state index contributed by atoms with van der Waals surface area (Å²) in [6.45, 7) is 3.38. The number of nitrogens with zero attached hydrogens (tertiary/aromatic N) is 4. The van der Waals surface area contributed by atoms with Crippen LogP contribution in [0.5, 0.6) is 11.5 Å². The summed E-state index contributed by atoms with van der Waals surface area (Å²) in [4.78, 5) is 34.7. The van der Waals surface area contributed by atoms with Crippen molar-refractivity contribution in [3.8, 4) is 11.5 Å². The number of aromatic nitrogens is 2. The maximum Gasteiger partial charge on any atom is 0.235 e. The van der Waals surface area contributed by atoms with Crippen LogP contribution < -0.4 is 9.64 Å². The van der Waals surface area contributed by atoms with Crippen LogP contribution >= 0.6 is 0 Å². The third-order valence-corrected chi connectivity index (χ3v) is 7.43. The minimum Gasteiger partial charge on any atom is -0.507 e. The van der Waals surface area contributed by atoms with Gasteiger partial charge >= 0.3 is 0 Å². The lowest BCUT2D eigenvalue weighted by Gasteiger charge is -2.35. The Balaban J connectivity index is 1.30. The second-order valence-electron chi connectivity index (χ2n) is 9.61. The van der Waals surface area contributed by atoms with Gasteiger partial charge in [0, 0.05) is 68.2 Å². The van der Waals surface area contributed by atoms with Crippen LogP contribution in [0.15, 0.2) is 42.4 Å². The zero-order chi connectivity index (χ0) is 24.1. The Hall–Kier alpha value is -3.81. The number of amides is 1. The van der Waals surface area contributed by atoms with E-state index in [9.17, 15) is 14.7 Å². The Morgan fingerprint density at radius 3 is 2.66 bits per heavy atom. The maximum atomic E-state index is 12.9. The second kappa shape index (κ2) is 8.45. The van der Waals surface area contributed by atoms with Gasteiger partial charge in [-0.1, -0.05) is 6.07 Å². The monoisotopic (exact) mass is 472 g/mol. The fourth-order valence-corrected chi connectivity index (χ4v) is 5.61. The summed E-state index contributed by atoms with van der Waals surface area (Å²) in [6.07, 6.45) is 9.38. The number of carbonyl (C=O) groups is 2. The molecule has 3 aromatic rings. The molecule has 5 heterocycles. The van der Waals surface area contributed by atoms with Crippen molar-refractivity contribution in [2.24, 2.45) is 13.0 Å². The number of Topliss-reactive ketones (excluding diaryl/α,β-unsaturated/α-hetero) is 1. The van der Waals surface area contributed by atoms with Gasteiger partial charge in [0.1, 0.15) is 22.7 Å². The van der Waals surface area contributed by atoms with Crippen LogP contribution in [-0.2, 0) is 11.8 Å². The van der Waals surface area contributed by atoms with Crippen LogP contribution in [0.3, 0.4) is 0 Å². The quantitative estimate of drug-likeness (QED) is 0.585. The SMILES string of the molecule is Cn1cc(C=C2Oc3cccc(O)c3C2=O)c2c(N3CCC(C(=O)N4CCCC4)CC3)ccnc21. The highest BCUT2D eigenvalue weighted by Crippen LogP contribution is 2.39. The third-order valence-electron chi connectivity index (χ3n) is 7.43. The standard InChI is InChI=1S/C27H28N4O4/c1-29-16-18(15-22-25(33)24-20(32)5-4-6-21(24)35-22)23-19(7-10-28-26(23)29)30-13-8-17(9-14-30)27(34)31-11-2-3-12-31/h4-7,10,15-17,32H,2-3,8-9,11-14H2,1H3. The molecule has 8 nitrogen and oxygen atoms in total. The Bertz CT molecular complexity index is 1360. The molecule has 0 bridgehead atoms. The van der Waals surface area contributed by atoms with E-state index in [-0.39, 0.29) is 28.8 Å². The third kappa shape index (κ3) is 3.64. The summed E-state index contributed by atoms with van der Waals surface area (Å²) in [6, 6.07) is 6.83. The van der Waals surface area contributed by atoms with Gasteiger partial charge in [-0.2, -0.15) is 0 Å². The average molecular weight is 473 g/mol. The minimum atomic E-state index is -0.332. The zero-order valence-electron chi connectivity index (χ0n) is 19.7. The smallest absolute Gasteiger partial charge is 0.235 e. The molecule has 0 radical (unpaired) electrons. The fraction of sp³-hybridized carbons (Fsp3) is 0.370. The van der Waals surface area contributed by atoms with Crippen molar-refractivity contribution in [2.75, 3.05) is 31.1 Å². The summed E-state index contributed by atoms with van der Waals surface area (Å²) in [5.74, 6) is 0.536. The largest absolute Gasteiger partial charge is 0.507 e. The number of phenolic OH excluding ortho intramolecular Hbond substituents is 1. The van der Waals surface area contributed by atoms with Gasteiger partial charge in [-0.15, -0.1) is 0 Å². The molecule has 6 rings (SSSR count). The number of hydrogen-bond acceptors (Lipinski definition) is 6. The number of fused-ring (bicyclic) bond motifs is 2. The second-order valence-corrected chi connectivity index (χ2v) is 9.61. The number of pyridine rings is 1. The Morgan fingerprint density at radius 2 is 1.91 bits per heavy atom. The molecule has 0 spiro atoms. The van der Waals surface area contributed by atoms with Crippen molar-refractivity contribution >= 4 is 34.5 Å². The highest BCUT2D eigenvalue weighted by Gasteiger charge is 2.32. The molecular weight excluding hydrogens is 444 g/mol. The molecule has 0 aliphatic carbocycles. The molecule has 1 amide bonds. The molecule has 2 saturated heterocycles. The van der Waals surface area contributed by atoms with Gasteiger partial charge in [-0.25, -0.2) is 4.98 Å². The lowest BCUT2D eigenvalue weighted by Crippen LogP contribution is -2.41. The maximum absolute atomic E-state index is 12.9. The highest BCUT2D eigenvalue weighted by atomic mass is 16.5. The van der Waals surface area contributed by atoms with Crippen molar-refractivity contribution in [1.29, 1.82) is 0 Å². The van der Waals surface area contributed by atoms with Gasteiger partial charge in [0.2, 0.25) is 11.7 Å². The predicted octanol–water partition coefficient (Wildman–Crippen LogP) is 3.73. The first-order valence-corrected chi connectivity index (χ1v) is 12.3. The van der Waals surface area contributed by atoms with Crippen molar-refractivity contribution in [3.63, 3.8) is 0 Å². The van der Waals surface area contributed by atoms with Crippen LogP contribution in [0.25, 0.3) is 17.1 Å². The lowest BCUT2D eigenvalue weighted by atomic mass is 9.94. The zero-order valence-corrected chi connectivity index (χ0v) is 19.7. The number of benzene rings is 1. The van der Waals surface area contributed by atoms with E-state index in [0.717, 1.165) is 74.1 Å². The number of likely N-dealkylation sites (tertiary alicyclic amines) is 1. The first-order valence-electron chi connectivity index (χ1n) is 12.3. The highest BCUT2D eigenvalue weighted by molar-refractivity contribution is 6.17. The van der Waals surface area contributed by atoms with Crippen LogP contribution in [0.2, 0.25) is 0 Å². The molecule has 35 heavy (non-hydrogen) atoms. The predicted molar refractivity (Wildman–Crippen MR) is 133 cm³/mol. The van der Waals surface area contributed by atoms with Gasteiger partial charge in [0.05, 0.1) is 0 Å². The van der Waals surface area contributed by atoms with Crippen LogP contribution in [0, 0.1) is 5.92 Å². The number of ether oxygens (including phenoxy) is 1. The van der Waals surface area contributed by atoms with Gasteiger partial charge in [0.25, 0.3) is 0 Å². The summed E-state index contributed by atoms with van der Waals surface area (Å²) in [5.41, 5.74) is 2.88. The number of carbonyl (C=O) groups excluding carboxylic acids is 2. The number of ketones is 1. The summed E-state index contributed by atoms with van der Waals surface area (Å²) in [7, 11) is 1.93. The van der Waals surface area contributed by atoms with E-state index in [2.05, 4.69) is 9.88 Å². The number of allylic oxidation sites excluding steroid dienone is 1. The first kappa shape index (κ1) is 21.7. The van der Waals surface area contributed by atoms with E-state index in [1.54, 1.807) is 24.4 Å². The molecule has 1 N–H and O–H groups in total. The number of anilines is 1. The lowest BCUT2D eigenvalue weighted by molar-refractivity contribution is -0.135. The number of aryl methyl sites for hydroxylation is 1. The number of piperidine rings is 1. The van der Waals surface area contributed by atoms with E-state index in [0.29, 0.717) is 11.7 Å². The first-order chi connectivity index (χ1) is 17.0. The van der Waals surface area contributed by atoms with E-state index in [1.165, 1.54) is 6.07 Å². The van der Waals surface area contributed by atoms with Crippen LogP contribution in [0.1, 0.15) is 41.6 Å². The van der Waals surface area contributed by atoms with Crippen LogP contribution in [0.4, 0.5) is 5.69 Å². The van der Waals surface area contributed by atoms with E-state index in [1.807, 2.05) is 28.8 Å². The van der Waals surface area contributed by atoms with Crippen LogP contribution in [-0.4, -0.2) is 57.4 Å². The number of rotatable bonds is 3. The molecular formula is C27H28N4O4. The molecule has 8 heteroatoms. The Kier molecular flexibility index (Phi) is 5.24. The molecule has 0 atom stereocenters. The van der Waals surface area contributed by atoms with E-state index < -0.39 is 0 Å². The number of phenols is 1. The van der Waals surface area contributed by atoms with Gasteiger partial charge in [0.15, 0.2) is 5.76 Å². The molecule has 0 unspecified atom stereocenters. The normalized spacial score (nSPS) is 19.6. The minimum absolute atomic E-state index is 0.0810. The molecule has 1 aromatic carbocycles. The van der Waals surface area contributed by atoms with Gasteiger partial charge in [-0.3, -0.25) is 9.59 Å². The van der Waals surface area contributed by atoms with Gasteiger partial charge in [-0.05, 0) is 50.0 Å². The average Bonchev–Trinajstić information content (AvgIpc) is 3.59. The number of aromatic hydroxyl groups is 1. The van der Waals surface area contributed by atoms with E-state index >= 15 is 0 Å². The molecule has 3 aliphatic rings. The van der Waals surface area contributed by atoms with Crippen molar-refractivity contribution < 1.29 is 19.4 Å². The Labute approximate surface area is 203 Å². The molecule has 0 saturated carbocycles. The Morgan fingerprint density at radius 1 is 1.14 bits per heavy atom. The topological polar surface area (TPSA) is 87.9 Å².